The van der Waals surface area contributed by atoms with Crippen LogP contribution in [0.1, 0.15) is 11.1 Å². The van der Waals surface area contributed by atoms with Gasteiger partial charge in [0.2, 0.25) is 0 Å². The Kier molecular flexibility index (Phi) is 3.47. The maximum atomic E-state index is 10.9. The average molecular weight is 252 g/mol. The number of hydrogen-bond acceptors (Lipinski definition) is 4. The topological polar surface area (TPSA) is 93.1 Å². The van der Waals surface area contributed by atoms with Crippen molar-refractivity contribution in [3.63, 3.8) is 0 Å². The number of hydrogen-bond donors (Lipinski definition) is 2. The number of fused-ring (bicyclic) bond motifs is 1. The number of carboxylic acids is 2. The van der Waals surface area contributed by atoms with Crippen LogP contribution in [0.3, 0.4) is 0 Å². The summed E-state index contributed by atoms with van der Waals surface area (Å²) in [5, 5.41) is 17.7. The number of carbonyl (C=O) groups is 2. The van der Waals surface area contributed by atoms with Crippen molar-refractivity contribution < 1.29 is 29.6 Å². The van der Waals surface area contributed by atoms with Gasteiger partial charge in [0.15, 0.2) is 11.7 Å². The number of aliphatic carboxylic acids is 2. The van der Waals surface area contributed by atoms with Crippen LogP contribution < -0.4 is 4.89 Å². The van der Waals surface area contributed by atoms with Crippen molar-refractivity contribution in [1.29, 1.82) is 0 Å². The van der Waals surface area contributed by atoms with Gasteiger partial charge < -0.3 is 15.1 Å². The summed E-state index contributed by atoms with van der Waals surface area (Å²) in [4.78, 5) is 31.6. The molecular weight excluding hydrogens is 240 g/mol. The lowest BCUT2D eigenvalue weighted by atomic mass is 9.96. The third-order valence-electron chi connectivity index (χ3n) is 2.80. The fourth-order valence-electron chi connectivity index (χ4n) is 1.86. The highest BCUT2D eigenvalue weighted by molar-refractivity contribution is 5.93. The van der Waals surface area contributed by atoms with E-state index in [0.717, 1.165) is 5.56 Å². The van der Waals surface area contributed by atoms with Gasteiger partial charge in [-0.05, 0) is 0 Å². The zero-order valence-corrected chi connectivity index (χ0v) is 9.46. The van der Waals surface area contributed by atoms with Gasteiger partial charge in [0.1, 0.15) is 0 Å². The molecule has 6 heteroatoms. The lowest BCUT2D eigenvalue weighted by Crippen LogP contribution is -2.26. The van der Waals surface area contributed by atoms with Crippen LogP contribution in [0.15, 0.2) is 18.2 Å². The van der Waals surface area contributed by atoms with Gasteiger partial charge in [0.25, 0.3) is 0 Å². The molecule has 0 atom stereocenters. The second kappa shape index (κ2) is 5.05. The summed E-state index contributed by atoms with van der Waals surface area (Å²) in [5.74, 6) is -3.77. The van der Waals surface area contributed by atoms with Crippen LogP contribution in [0.2, 0.25) is 0 Å². The molecule has 1 aliphatic heterocycles. The molecule has 2 N–H and O–H groups in total. The third-order valence-corrected chi connectivity index (χ3v) is 2.80. The van der Waals surface area contributed by atoms with Crippen molar-refractivity contribution >= 4 is 11.9 Å². The van der Waals surface area contributed by atoms with E-state index in [9.17, 15) is 9.59 Å². The molecule has 1 aromatic carbocycles. The van der Waals surface area contributed by atoms with E-state index < -0.39 is 17.9 Å². The van der Waals surface area contributed by atoms with Crippen LogP contribution in [-0.4, -0.2) is 28.8 Å². The molecule has 96 valence electrons. The first-order valence-corrected chi connectivity index (χ1v) is 5.45. The number of rotatable bonds is 4. The molecule has 0 spiro atoms. The smallest absolute Gasteiger partial charge is 0.318 e. The van der Waals surface area contributed by atoms with Crippen molar-refractivity contribution in [2.75, 3.05) is 6.61 Å². The van der Waals surface area contributed by atoms with Crippen molar-refractivity contribution in [3.05, 3.63) is 29.3 Å². The van der Waals surface area contributed by atoms with Crippen LogP contribution in [0.25, 0.3) is 0 Å². The highest BCUT2D eigenvalue weighted by Crippen LogP contribution is 2.29. The summed E-state index contributed by atoms with van der Waals surface area (Å²) in [7, 11) is 0. The maximum Gasteiger partial charge on any atom is 0.318 e. The number of para-hydroxylation sites is 1. The molecule has 18 heavy (non-hydrogen) atoms. The third kappa shape index (κ3) is 2.43. The molecule has 1 aromatic rings. The maximum absolute atomic E-state index is 10.9. The molecular formula is C12H12O6. The molecule has 0 fully saturated rings. The summed E-state index contributed by atoms with van der Waals surface area (Å²) >= 11 is 0. The molecule has 0 radical (unpaired) electrons. The first kappa shape index (κ1) is 12.4. The summed E-state index contributed by atoms with van der Waals surface area (Å²) < 4.78 is 0. The fraction of sp³-hybridized carbons (Fsp3) is 0.333. The lowest BCUT2D eigenvalue weighted by Gasteiger charge is -2.19. The average Bonchev–Trinajstić information content (AvgIpc) is 2.35. The molecule has 2 rings (SSSR count). The summed E-state index contributed by atoms with van der Waals surface area (Å²) in [6, 6.07) is 5.24. The predicted octanol–water partition coefficient (Wildman–Crippen LogP) is 0.881. The summed E-state index contributed by atoms with van der Waals surface area (Å²) in [6.07, 6.45) is 0.533. The first-order chi connectivity index (χ1) is 8.59. The van der Waals surface area contributed by atoms with E-state index in [4.69, 9.17) is 20.0 Å². The van der Waals surface area contributed by atoms with Gasteiger partial charge in [0, 0.05) is 24.0 Å². The van der Waals surface area contributed by atoms with Crippen LogP contribution in [0.5, 0.6) is 5.75 Å². The quantitative estimate of drug-likeness (QED) is 0.610. The lowest BCUT2D eigenvalue weighted by molar-refractivity contribution is -0.215. The van der Waals surface area contributed by atoms with E-state index >= 15 is 0 Å². The van der Waals surface area contributed by atoms with Gasteiger partial charge >= 0.3 is 11.9 Å². The minimum Gasteiger partial charge on any atom is -0.481 e. The Morgan fingerprint density at radius 1 is 1.28 bits per heavy atom. The van der Waals surface area contributed by atoms with Gasteiger partial charge in [0.05, 0.1) is 6.61 Å². The molecule has 0 aromatic heterocycles. The highest BCUT2D eigenvalue weighted by Gasteiger charge is 2.28. The summed E-state index contributed by atoms with van der Waals surface area (Å²) in [5.41, 5.74) is 1.43. The zero-order valence-electron chi connectivity index (χ0n) is 9.46. The van der Waals surface area contributed by atoms with E-state index in [1.165, 1.54) is 0 Å². The van der Waals surface area contributed by atoms with Crippen LogP contribution >= 0.6 is 0 Å². The molecule has 6 nitrogen and oxygen atoms in total. The molecule has 1 heterocycles. The monoisotopic (exact) mass is 252 g/mol. The van der Waals surface area contributed by atoms with Crippen molar-refractivity contribution in [2.24, 2.45) is 5.92 Å². The van der Waals surface area contributed by atoms with E-state index in [1.54, 1.807) is 12.1 Å². The highest BCUT2D eigenvalue weighted by atomic mass is 17.2. The number of carboxylic acid groups (broad SMARTS) is 2. The van der Waals surface area contributed by atoms with Gasteiger partial charge in [-0.1, -0.05) is 18.2 Å². The largest absolute Gasteiger partial charge is 0.481 e. The Morgan fingerprint density at radius 3 is 2.67 bits per heavy atom. The zero-order chi connectivity index (χ0) is 13.1. The van der Waals surface area contributed by atoms with Gasteiger partial charge in [-0.15, -0.1) is 0 Å². The molecule has 0 aliphatic carbocycles. The molecule has 0 amide bonds. The van der Waals surface area contributed by atoms with Crippen molar-refractivity contribution in [3.8, 4) is 5.75 Å². The van der Waals surface area contributed by atoms with Gasteiger partial charge in [-0.25, -0.2) is 0 Å². The molecule has 0 unspecified atom stereocenters. The van der Waals surface area contributed by atoms with E-state index in [-0.39, 0.29) is 6.42 Å². The Labute approximate surface area is 103 Å². The van der Waals surface area contributed by atoms with Gasteiger partial charge in [-0.3, -0.25) is 9.59 Å². The number of benzene rings is 1. The predicted molar refractivity (Wildman–Crippen MR) is 59.2 cm³/mol. The SMILES string of the molecule is O=C(O)C(Cc1cccc2c1OOCC2)C(=O)O. The Bertz CT molecular complexity index is 467. The second-order valence-corrected chi connectivity index (χ2v) is 3.99. The van der Waals surface area contributed by atoms with Crippen LogP contribution in [-0.2, 0) is 27.3 Å². The van der Waals surface area contributed by atoms with Crippen molar-refractivity contribution in [2.45, 2.75) is 12.8 Å². The van der Waals surface area contributed by atoms with E-state index in [2.05, 4.69) is 0 Å². The minimum atomic E-state index is -1.48. The first-order valence-electron chi connectivity index (χ1n) is 5.45. The normalized spacial score (nSPS) is 13.8. The molecule has 0 saturated heterocycles. The Morgan fingerprint density at radius 2 is 2.00 bits per heavy atom. The van der Waals surface area contributed by atoms with Crippen LogP contribution in [0.4, 0.5) is 0 Å². The van der Waals surface area contributed by atoms with Gasteiger partial charge in [-0.2, -0.15) is 4.89 Å². The van der Waals surface area contributed by atoms with E-state index in [0.29, 0.717) is 24.3 Å². The standard InChI is InChI=1S/C12H12O6/c13-11(14)9(12(15)16)6-8-3-1-2-7-4-5-17-18-10(7)8/h1-3,9H,4-6H2,(H,13,14)(H,15,16). The summed E-state index contributed by atoms with van der Waals surface area (Å²) in [6.45, 7) is 0.428. The second-order valence-electron chi connectivity index (χ2n) is 3.99. The Balaban J connectivity index is 2.28. The molecule has 0 bridgehead atoms. The van der Waals surface area contributed by atoms with E-state index in [1.807, 2.05) is 6.07 Å². The fourth-order valence-corrected chi connectivity index (χ4v) is 1.86. The van der Waals surface area contributed by atoms with Crippen molar-refractivity contribution in [1.82, 2.24) is 0 Å². The van der Waals surface area contributed by atoms with Crippen LogP contribution in [0, 0.1) is 5.92 Å². The molecule has 1 aliphatic rings. The Hall–Kier alpha value is -2.08. The minimum absolute atomic E-state index is 0.128. The molecule has 0 saturated carbocycles.